The molecular formula is C15H29NO. The molecule has 0 aromatic carbocycles. The molecule has 1 atom stereocenters. The third-order valence-electron chi connectivity index (χ3n) is 4.46. The molecule has 0 aliphatic heterocycles. The maximum atomic E-state index is 10.6. The van der Waals surface area contributed by atoms with Gasteiger partial charge in [-0.2, -0.15) is 0 Å². The fraction of sp³-hybridized carbons (Fsp3) is 0.867. The van der Waals surface area contributed by atoms with Crippen molar-refractivity contribution < 1.29 is 5.11 Å². The second kappa shape index (κ2) is 6.55. The van der Waals surface area contributed by atoms with Crippen LogP contribution in [-0.4, -0.2) is 34.7 Å². The number of hydrogen-bond acceptors (Lipinski definition) is 2. The maximum absolute atomic E-state index is 10.6. The van der Waals surface area contributed by atoms with Crippen LogP contribution < -0.4 is 0 Å². The second-order valence-electron chi connectivity index (χ2n) is 5.31. The van der Waals surface area contributed by atoms with Gasteiger partial charge in [0.1, 0.15) is 0 Å². The molecule has 1 aliphatic carbocycles. The van der Waals surface area contributed by atoms with Crippen molar-refractivity contribution in [3.8, 4) is 0 Å². The van der Waals surface area contributed by atoms with Crippen LogP contribution in [-0.2, 0) is 0 Å². The van der Waals surface area contributed by atoms with E-state index < -0.39 is 0 Å². The topological polar surface area (TPSA) is 23.5 Å². The van der Waals surface area contributed by atoms with E-state index in [9.17, 15) is 5.11 Å². The van der Waals surface area contributed by atoms with E-state index in [0.717, 1.165) is 38.8 Å². The van der Waals surface area contributed by atoms with Gasteiger partial charge in [-0.1, -0.05) is 45.8 Å². The van der Waals surface area contributed by atoms with E-state index >= 15 is 0 Å². The van der Waals surface area contributed by atoms with Crippen molar-refractivity contribution in [1.29, 1.82) is 0 Å². The molecule has 100 valence electrons. The van der Waals surface area contributed by atoms with E-state index in [-0.39, 0.29) is 11.6 Å². The lowest BCUT2D eigenvalue weighted by Crippen LogP contribution is -2.55. The number of likely N-dealkylation sites (N-methyl/N-ethyl adjacent to an activating group) is 1. The molecule has 1 unspecified atom stereocenters. The SMILES string of the molecule is C=C(CC)CC(O)C1(N(CC)CC)CCCC1. The lowest BCUT2D eigenvalue weighted by atomic mass is 9.84. The van der Waals surface area contributed by atoms with Crippen LogP contribution in [0.2, 0.25) is 0 Å². The van der Waals surface area contributed by atoms with Gasteiger partial charge >= 0.3 is 0 Å². The van der Waals surface area contributed by atoms with E-state index in [1.165, 1.54) is 18.4 Å². The molecule has 0 aromatic heterocycles. The number of aliphatic hydroxyl groups is 1. The van der Waals surface area contributed by atoms with Crippen LogP contribution in [0.15, 0.2) is 12.2 Å². The number of rotatable bonds is 7. The van der Waals surface area contributed by atoms with Crippen molar-refractivity contribution in [2.75, 3.05) is 13.1 Å². The molecule has 2 heteroatoms. The lowest BCUT2D eigenvalue weighted by molar-refractivity contribution is -0.0246. The second-order valence-corrected chi connectivity index (χ2v) is 5.31. The molecule has 1 fully saturated rings. The number of nitrogens with zero attached hydrogens (tertiary/aromatic N) is 1. The minimum atomic E-state index is -0.239. The summed E-state index contributed by atoms with van der Waals surface area (Å²) in [6.07, 6.45) is 6.31. The predicted molar refractivity (Wildman–Crippen MR) is 74.2 cm³/mol. The van der Waals surface area contributed by atoms with Gasteiger partial charge in [0.2, 0.25) is 0 Å². The maximum Gasteiger partial charge on any atom is 0.0760 e. The Labute approximate surface area is 107 Å². The summed E-state index contributed by atoms with van der Waals surface area (Å²) in [5.74, 6) is 0. The highest BCUT2D eigenvalue weighted by Crippen LogP contribution is 2.39. The van der Waals surface area contributed by atoms with Gasteiger partial charge in [0.05, 0.1) is 6.10 Å². The summed E-state index contributed by atoms with van der Waals surface area (Å²) in [7, 11) is 0. The largest absolute Gasteiger partial charge is 0.391 e. The summed E-state index contributed by atoms with van der Waals surface area (Å²) in [4.78, 5) is 2.47. The lowest BCUT2D eigenvalue weighted by Gasteiger charge is -2.44. The molecule has 1 saturated carbocycles. The Bertz CT molecular complexity index is 239. The first-order valence-electron chi connectivity index (χ1n) is 7.20. The van der Waals surface area contributed by atoms with E-state index in [0.29, 0.717) is 0 Å². The molecule has 0 saturated heterocycles. The van der Waals surface area contributed by atoms with E-state index in [2.05, 4.69) is 32.3 Å². The van der Waals surface area contributed by atoms with Crippen molar-refractivity contribution in [3.63, 3.8) is 0 Å². The van der Waals surface area contributed by atoms with E-state index in [1.807, 2.05) is 0 Å². The van der Waals surface area contributed by atoms with Crippen molar-refractivity contribution >= 4 is 0 Å². The summed E-state index contributed by atoms with van der Waals surface area (Å²) in [6.45, 7) is 12.6. The van der Waals surface area contributed by atoms with Gasteiger partial charge in [-0.3, -0.25) is 4.90 Å². The monoisotopic (exact) mass is 239 g/mol. The van der Waals surface area contributed by atoms with E-state index in [4.69, 9.17) is 0 Å². The molecule has 1 aliphatic rings. The zero-order chi connectivity index (χ0) is 12.9. The first-order chi connectivity index (χ1) is 8.10. The van der Waals surface area contributed by atoms with Crippen molar-refractivity contribution in [3.05, 3.63) is 12.2 Å². The van der Waals surface area contributed by atoms with Crippen molar-refractivity contribution in [2.24, 2.45) is 0 Å². The summed E-state index contributed by atoms with van der Waals surface area (Å²) in [5, 5.41) is 10.6. The first-order valence-corrected chi connectivity index (χ1v) is 7.20. The predicted octanol–water partition coefficient (Wildman–Crippen LogP) is 3.36. The highest BCUT2D eigenvalue weighted by Gasteiger charge is 2.44. The Balaban J connectivity index is 2.79. The van der Waals surface area contributed by atoms with Crippen molar-refractivity contribution in [1.82, 2.24) is 4.90 Å². The average molecular weight is 239 g/mol. The molecule has 0 aromatic rings. The standard InChI is InChI=1S/C15H29NO/c1-5-13(4)12-14(17)15(10-8-9-11-15)16(6-2)7-3/h14,17H,4-12H2,1-3H3. The molecule has 1 N–H and O–H groups in total. The van der Waals surface area contributed by atoms with Crippen LogP contribution in [0.25, 0.3) is 0 Å². The van der Waals surface area contributed by atoms with Crippen LogP contribution in [0.5, 0.6) is 0 Å². The minimum Gasteiger partial charge on any atom is -0.391 e. The Kier molecular flexibility index (Phi) is 5.68. The molecule has 0 spiro atoms. The summed E-state index contributed by atoms with van der Waals surface area (Å²) < 4.78 is 0. The minimum absolute atomic E-state index is 0.0294. The van der Waals surface area contributed by atoms with Crippen molar-refractivity contribution in [2.45, 2.75) is 70.9 Å². The van der Waals surface area contributed by atoms with Crippen LogP contribution in [0.1, 0.15) is 59.3 Å². The van der Waals surface area contributed by atoms with Gasteiger partial charge in [-0.05, 0) is 38.8 Å². The van der Waals surface area contributed by atoms with Crippen LogP contribution >= 0.6 is 0 Å². The molecule has 0 radical (unpaired) electrons. The third kappa shape index (κ3) is 3.11. The molecule has 2 nitrogen and oxygen atoms in total. The highest BCUT2D eigenvalue weighted by atomic mass is 16.3. The fourth-order valence-electron chi connectivity index (χ4n) is 3.31. The van der Waals surface area contributed by atoms with Gasteiger partial charge in [0.15, 0.2) is 0 Å². The first kappa shape index (κ1) is 14.7. The van der Waals surface area contributed by atoms with Gasteiger partial charge < -0.3 is 5.11 Å². The Hall–Kier alpha value is -0.340. The zero-order valence-electron chi connectivity index (χ0n) is 11.8. The van der Waals surface area contributed by atoms with Gasteiger partial charge in [-0.25, -0.2) is 0 Å². The van der Waals surface area contributed by atoms with Gasteiger partial charge in [0.25, 0.3) is 0 Å². The van der Waals surface area contributed by atoms with E-state index in [1.54, 1.807) is 0 Å². The Morgan fingerprint density at radius 3 is 2.18 bits per heavy atom. The summed E-state index contributed by atoms with van der Waals surface area (Å²) in [5.41, 5.74) is 1.21. The Morgan fingerprint density at radius 1 is 1.24 bits per heavy atom. The summed E-state index contributed by atoms with van der Waals surface area (Å²) in [6, 6.07) is 0. The molecule has 0 heterocycles. The number of hydrogen-bond donors (Lipinski definition) is 1. The molecular weight excluding hydrogens is 210 g/mol. The average Bonchev–Trinajstić information content (AvgIpc) is 2.81. The fourth-order valence-corrected chi connectivity index (χ4v) is 3.31. The van der Waals surface area contributed by atoms with Crippen LogP contribution in [0.3, 0.4) is 0 Å². The molecule has 1 rings (SSSR count). The quantitative estimate of drug-likeness (QED) is 0.689. The molecule has 17 heavy (non-hydrogen) atoms. The number of aliphatic hydroxyl groups excluding tert-OH is 1. The smallest absolute Gasteiger partial charge is 0.0760 e. The zero-order valence-corrected chi connectivity index (χ0v) is 11.8. The van der Waals surface area contributed by atoms with Crippen LogP contribution in [0.4, 0.5) is 0 Å². The molecule has 0 bridgehead atoms. The van der Waals surface area contributed by atoms with Gasteiger partial charge in [-0.15, -0.1) is 0 Å². The van der Waals surface area contributed by atoms with Crippen LogP contribution in [0, 0.1) is 0 Å². The molecule has 0 amide bonds. The van der Waals surface area contributed by atoms with Gasteiger partial charge in [0, 0.05) is 5.54 Å². The third-order valence-corrected chi connectivity index (χ3v) is 4.46. The highest BCUT2D eigenvalue weighted by molar-refractivity contribution is 5.06. The normalized spacial score (nSPS) is 20.8. The Morgan fingerprint density at radius 2 is 1.76 bits per heavy atom. The summed E-state index contributed by atoms with van der Waals surface area (Å²) >= 11 is 0.